The molecule has 1 saturated carbocycles. The van der Waals surface area contributed by atoms with Crippen molar-refractivity contribution in [3.05, 3.63) is 71.8 Å². The van der Waals surface area contributed by atoms with Gasteiger partial charge >= 0.3 is 0 Å². The first-order chi connectivity index (χ1) is 13.8. The molecule has 2 aromatic rings. The van der Waals surface area contributed by atoms with E-state index in [-0.39, 0.29) is 35.5 Å². The topological polar surface area (TPSA) is 45.7 Å². The average molecular weight is 505 g/mol. The Bertz CT molecular complexity index is 777. The summed E-state index contributed by atoms with van der Waals surface area (Å²) in [7, 11) is 1.85. The Kier molecular flexibility index (Phi) is 7.95. The Labute approximate surface area is 191 Å². The van der Waals surface area contributed by atoms with E-state index >= 15 is 0 Å². The SMILES string of the molecule is CN=C(NCC1CCCOC1c1ccccc1)NCC1(c2ccccc2)CC1.I. The summed E-state index contributed by atoms with van der Waals surface area (Å²) in [4.78, 5) is 4.45. The van der Waals surface area contributed by atoms with Gasteiger partial charge in [-0.15, -0.1) is 24.0 Å². The van der Waals surface area contributed by atoms with Crippen LogP contribution in [0.5, 0.6) is 0 Å². The number of hydrogen-bond acceptors (Lipinski definition) is 2. The Morgan fingerprint density at radius 2 is 1.72 bits per heavy atom. The number of halogens is 1. The van der Waals surface area contributed by atoms with E-state index in [2.05, 4.69) is 76.3 Å². The largest absolute Gasteiger partial charge is 0.373 e. The lowest BCUT2D eigenvalue weighted by molar-refractivity contribution is -0.0265. The van der Waals surface area contributed by atoms with Crippen molar-refractivity contribution in [2.45, 2.75) is 37.2 Å². The van der Waals surface area contributed by atoms with Crippen molar-refractivity contribution in [2.75, 3.05) is 26.7 Å². The summed E-state index contributed by atoms with van der Waals surface area (Å²) in [5.41, 5.74) is 2.99. The summed E-state index contributed by atoms with van der Waals surface area (Å²) in [6.07, 6.45) is 4.96. The van der Waals surface area contributed by atoms with E-state index in [1.807, 2.05) is 7.05 Å². The fraction of sp³-hybridized carbons (Fsp3) is 0.458. The third-order valence-corrected chi connectivity index (χ3v) is 6.16. The predicted octanol–water partition coefficient (Wildman–Crippen LogP) is 4.67. The summed E-state index contributed by atoms with van der Waals surface area (Å²) >= 11 is 0. The van der Waals surface area contributed by atoms with Gasteiger partial charge in [-0.05, 0) is 36.8 Å². The van der Waals surface area contributed by atoms with Gasteiger partial charge < -0.3 is 15.4 Å². The summed E-state index contributed by atoms with van der Waals surface area (Å²) in [5.74, 6) is 1.35. The maximum Gasteiger partial charge on any atom is 0.191 e. The van der Waals surface area contributed by atoms with Gasteiger partial charge in [-0.25, -0.2) is 0 Å². The molecule has 2 unspecified atom stereocenters. The number of ether oxygens (including phenoxy) is 1. The number of aliphatic imine (C=N–C) groups is 1. The first kappa shape index (κ1) is 22.1. The normalized spacial score (nSPS) is 23.0. The Balaban J connectivity index is 0.00000240. The van der Waals surface area contributed by atoms with E-state index < -0.39 is 0 Å². The van der Waals surface area contributed by atoms with Crippen LogP contribution in [0.25, 0.3) is 0 Å². The molecule has 0 bridgehead atoms. The second-order valence-electron chi connectivity index (χ2n) is 8.06. The van der Waals surface area contributed by atoms with Crippen molar-refractivity contribution in [1.82, 2.24) is 10.6 Å². The molecule has 1 heterocycles. The maximum absolute atomic E-state index is 6.12. The van der Waals surface area contributed by atoms with Gasteiger partial charge in [0.1, 0.15) is 0 Å². The molecule has 0 radical (unpaired) electrons. The van der Waals surface area contributed by atoms with Gasteiger partial charge in [-0.1, -0.05) is 60.7 Å². The molecular weight excluding hydrogens is 473 g/mol. The van der Waals surface area contributed by atoms with E-state index in [1.54, 1.807) is 0 Å². The third kappa shape index (κ3) is 5.51. The highest BCUT2D eigenvalue weighted by Gasteiger charge is 2.44. The molecule has 0 spiro atoms. The van der Waals surface area contributed by atoms with E-state index in [0.717, 1.165) is 32.1 Å². The number of nitrogens with one attached hydrogen (secondary N) is 2. The number of hydrogen-bond donors (Lipinski definition) is 2. The van der Waals surface area contributed by atoms with Crippen molar-refractivity contribution in [1.29, 1.82) is 0 Å². The molecule has 2 aliphatic rings. The van der Waals surface area contributed by atoms with Gasteiger partial charge in [-0.2, -0.15) is 0 Å². The molecule has 4 rings (SSSR count). The maximum atomic E-state index is 6.12. The van der Waals surface area contributed by atoms with Crippen molar-refractivity contribution in [3.8, 4) is 0 Å². The quantitative estimate of drug-likeness (QED) is 0.341. The number of guanidine groups is 1. The highest BCUT2D eigenvalue weighted by Crippen LogP contribution is 2.47. The van der Waals surface area contributed by atoms with Crippen LogP contribution in [0.3, 0.4) is 0 Å². The predicted molar refractivity (Wildman–Crippen MR) is 130 cm³/mol. The van der Waals surface area contributed by atoms with Crippen molar-refractivity contribution in [2.24, 2.45) is 10.9 Å². The zero-order chi connectivity index (χ0) is 19.2. The smallest absolute Gasteiger partial charge is 0.191 e. The van der Waals surface area contributed by atoms with Gasteiger partial charge in [0.05, 0.1) is 6.10 Å². The summed E-state index contributed by atoms with van der Waals surface area (Å²) in [6, 6.07) is 21.4. The lowest BCUT2D eigenvalue weighted by Gasteiger charge is -2.32. The number of benzene rings is 2. The molecule has 5 heteroatoms. The van der Waals surface area contributed by atoms with Crippen LogP contribution in [-0.2, 0) is 10.2 Å². The average Bonchev–Trinajstić information content (AvgIpc) is 3.57. The highest BCUT2D eigenvalue weighted by atomic mass is 127. The van der Waals surface area contributed by atoms with Gasteiger partial charge in [0.2, 0.25) is 0 Å². The van der Waals surface area contributed by atoms with Crippen molar-refractivity contribution < 1.29 is 4.74 Å². The van der Waals surface area contributed by atoms with E-state index in [1.165, 1.54) is 30.4 Å². The summed E-state index contributed by atoms with van der Waals surface area (Å²) in [5, 5.41) is 7.11. The minimum atomic E-state index is 0. The molecule has 2 N–H and O–H groups in total. The van der Waals surface area contributed by atoms with Crippen LogP contribution in [0.15, 0.2) is 65.7 Å². The first-order valence-electron chi connectivity index (χ1n) is 10.5. The fourth-order valence-electron chi connectivity index (χ4n) is 4.27. The summed E-state index contributed by atoms with van der Waals surface area (Å²) < 4.78 is 6.12. The molecule has 29 heavy (non-hydrogen) atoms. The molecule has 2 aromatic carbocycles. The standard InChI is InChI=1S/C24H31N3O.HI/c1-25-23(27-18-24(14-15-24)21-12-6-3-7-13-21)26-17-20-11-8-16-28-22(20)19-9-4-2-5-10-19;/h2-7,9-10,12-13,20,22H,8,11,14-18H2,1H3,(H2,25,26,27);1H. The zero-order valence-electron chi connectivity index (χ0n) is 17.1. The van der Waals surface area contributed by atoms with Crippen molar-refractivity contribution in [3.63, 3.8) is 0 Å². The number of rotatable bonds is 6. The molecular formula is C24H32IN3O. The van der Waals surface area contributed by atoms with Gasteiger partial charge in [-0.3, -0.25) is 4.99 Å². The second-order valence-corrected chi connectivity index (χ2v) is 8.06. The minimum absolute atomic E-state index is 0. The lowest BCUT2D eigenvalue weighted by atomic mass is 9.89. The van der Waals surface area contributed by atoms with Gasteiger partial charge in [0, 0.05) is 38.1 Å². The molecule has 1 aliphatic carbocycles. The number of nitrogens with zero attached hydrogens (tertiary/aromatic N) is 1. The Morgan fingerprint density at radius 3 is 2.38 bits per heavy atom. The lowest BCUT2D eigenvalue weighted by Crippen LogP contribution is -2.44. The van der Waals surface area contributed by atoms with Crippen LogP contribution in [0.2, 0.25) is 0 Å². The molecule has 0 aromatic heterocycles. The first-order valence-corrected chi connectivity index (χ1v) is 10.5. The minimum Gasteiger partial charge on any atom is -0.373 e. The Hall–Kier alpha value is -1.60. The van der Waals surface area contributed by atoms with Gasteiger partial charge in [0.25, 0.3) is 0 Å². The molecule has 0 amide bonds. The van der Waals surface area contributed by atoms with Crippen LogP contribution >= 0.6 is 24.0 Å². The summed E-state index contributed by atoms with van der Waals surface area (Å²) in [6.45, 7) is 2.65. The van der Waals surface area contributed by atoms with Gasteiger partial charge in [0.15, 0.2) is 5.96 Å². The van der Waals surface area contributed by atoms with E-state index in [4.69, 9.17) is 4.74 Å². The monoisotopic (exact) mass is 505 g/mol. The van der Waals surface area contributed by atoms with Crippen LogP contribution in [-0.4, -0.2) is 32.7 Å². The molecule has 1 saturated heterocycles. The van der Waals surface area contributed by atoms with Crippen LogP contribution in [0, 0.1) is 5.92 Å². The van der Waals surface area contributed by atoms with Crippen LogP contribution in [0.1, 0.15) is 42.9 Å². The molecule has 1 aliphatic heterocycles. The second kappa shape index (κ2) is 10.4. The third-order valence-electron chi connectivity index (χ3n) is 6.16. The van der Waals surface area contributed by atoms with Crippen molar-refractivity contribution >= 4 is 29.9 Å². The highest BCUT2D eigenvalue weighted by molar-refractivity contribution is 14.0. The zero-order valence-corrected chi connectivity index (χ0v) is 19.5. The molecule has 4 nitrogen and oxygen atoms in total. The van der Waals surface area contributed by atoms with E-state index in [9.17, 15) is 0 Å². The van der Waals surface area contributed by atoms with Crippen LogP contribution < -0.4 is 10.6 Å². The van der Waals surface area contributed by atoms with E-state index in [0.29, 0.717) is 5.92 Å². The molecule has 156 valence electrons. The molecule has 2 fully saturated rings. The Morgan fingerprint density at radius 1 is 1.03 bits per heavy atom. The fourth-order valence-corrected chi connectivity index (χ4v) is 4.27. The van der Waals surface area contributed by atoms with Crippen LogP contribution in [0.4, 0.5) is 0 Å². The molecule has 2 atom stereocenters.